The Kier molecular flexibility index (Phi) is 4.76. The topological polar surface area (TPSA) is 52.5 Å². The minimum Gasteiger partial charge on any atom is -0.504 e. The fourth-order valence-corrected chi connectivity index (χ4v) is 4.12. The molecule has 0 aromatic heterocycles. The van der Waals surface area contributed by atoms with Gasteiger partial charge >= 0.3 is 0 Å². The number of aromatic hydroxyl groups is 2. The standard InChI is InChI=1S/C13H10Br3NO2/c14-8-4-9(15)13(10(16)5-8)17-6-7-1-2-11(18)12(19)3-7/h1-5,17-19H,6H2. The van der Waals surface area contributed by atoms with Gasteiger partial charge in [-0.25, -0.2) is 0 Å². The van der Waals surface area contributed by atoms with Gasteiger partial charge in [0.05, 0.1) is 5.69 Å². The van der Waals surface area contributed by atoms with Crippen molar-refractivity contribution in [3.63, 3.8) is 0 Å². The lowest BCUT2D eigenvalue weighted by molar-refractivity contribution is 0.403. The minimum absolute atomic E-state index is 0.116. The highest BCUT2D eigenvalue weighted by molar-refractivity contribution is 9.11. The summed E-state index contributed by atoms with van der Waals surface area (Å²) in [4.78, 5) is 0. The van der Waals surface area contributed by atoms with E-state index in [4.69, 9.17) is 0 Å². The van der Waals surface area contributed by atoms with Crippen LogP contribution in [-0.4, -0.2) is 10.2 Å². The van der Waals surface area contributed by atoms with Crippen molar-refractivity contribution in [3.8, 4) is 11.5 Å². The highest BCUT2D eigenvalue weighted by atomic mass is 79.9. The molecule has 0 heterocycles. The van der Waals surface area contributed by atoms with Crippen LogP contribution in [0.4, 0.5) is 5.69 Å². The lowest BCUT2D eigenvalue weighted by Gasteiger charge is -2.12. The highest BCUT2D eigenvalue weighted by Crippen LogP contribution is 2.35. The summed E-state index contributed by atoms with van der Waals surface area (Å²) in [6.45, 7) is 0.534. The Morgan fingerprint density at radius 1 is 0.895 bits per heavy atom. The van der Waals surface area contributed by atoms with Crippen LogP contribution in [0.3, 0.4) is 0 Å². The van der Waals surface area contributed by atoms with E-state index < -0.39 is 0 Å². The van der Waals surface area contributed by atoms with Gasteiger partial charge in [-0.2, -0.15) is 0 Å². The van der Waals surface area contributed by atoms with Crippen molar-refractivity contribution in [2.75, 3.05) is 5.32 Å². The van der Waals surface area contributed by atoms with E-state index >= 15 is 0 Å². The monoisotopic (exact) mass is 449 g/mol. The second-order valence-electron chi connectivity index (χ2n) is 3.92. The SMILES string of the molecule is Oc1ccc(CNc2c(Br)cc(Br)cc2Br)cc1O. The Morgan fingerprint density at radius 2 is 1.53 bits per heavy atom. The van der Waals surface area contributed by atoms with E-state index in [9.17, 15) is 10.2 Å². The van der Waals surface area contributed by atoms with Crippen LogP contribution in [0, 0.1) is 0 Å². The van der Waals surface area contributed by atoms with Crippen LogP contribution in [0.2, 0.25) is 0 Å². The fourth-order valence-electron chi connectivity index (χ4n) is 1.58. The molecule has 0 amide bonds. The molecule has 2 aromatic carbocycles. The van der Waals surface area contributed by atoms with Crippen LogP contribution in [0.25, 0.3) is 0 Å². The third kappa shape index (κ3) is 3.64. The lowest BCUT2D eigenvalue weighted by atomic mass is 10.2. The summed E-state index contributed by atoms with van der Waals surface area (Å²) in [5.41, 5.74) is 1.80. The number of hydrogen-bond donors (Lipinski definition) is 3. The van der Waals surface area contributed by atoms with Gasteiger partial charge in [0, 0.05) is 20.0 Å². The van der Waals surface area contributed by atoms with Gasteiger partial charge in [-0.15, -0.1) is 0 Å². The van der Waals surface area contributed by atoms with Crippen LogP contribution >= 0.6 is 47.8 Å². The van der Waals surface area contributed by atoms with E-state index in [1.807, 2.05) is 12.1 Å². The maximum absolute atomic E-state index is 9.44. The molecule has 0 fully saturated rings. The highest BCUT2D eigenvalue weighted by Gasteiger charge is 2.07. The van der Waals surface area contributed by atoms with E-state index in [0.29, 0.717) is 6.54 Å². The molecule has 0 spiro atoms. The number of phenols is 2. The van der Waals surface area contributed by atoms with Crippen molar-refractivity contribution < 1.29 is 10.2 Å². The Hall–Kier alpha value is -0.720. The third-order valence-electron chi connectivity index (χ3n) is 2.52. The van der Waals surface area contributed by atoms with E-state index in [2.05, 4.69) is 53.1 Å². The molecule has 3 nitrogen and oxygen atoms in total. The van der Waals surface area contributed by atoms with Crippen molar-refractivity contribution >= 4 is 53.5 Å². The van der Waals surface area contributed by atoms with Gasteiger partial charge in [0.1, 0.15) is 0 Å². The number of anilines is 1. The van der Waals surface area contributed by atoms with Crippen molar-refractivity contribution in [3.05, 3.63) is 49.3 Å². The largest absolute Gasteiger partial charge is 0.504 e. The molecule has 0 saturated heterocycles. The van der Waals surface area contributed by atoms with Crippen LogP contribution < -0.4 is 5.32 Å². The first kappa shape index (κ1) is 14.7. The summed E-state index contributed by atoms with van der Waals surface area (Å²) < 4.78 is 2.83. The molecule has 0 aliphatic rings. The molecule has 2 aromatic rings. The second-order valence-corrected chi connectivity index (χ2v) is 6.55. The average Bonchev–Trinajstić information content (AvgIpc) is 2.32. The first-order chi connectivity index (χ1) is 8.97. The zero-order valence-electron chi connectivity index (χ0n) is 9.62. The van der Waals surface area contributed by atoms with Gasteiger partial charge in [0.2, 0.25) is 0 Å². The smallest absolute Gasteiger partial charge is 0.157 e. The summed E-state index contributed by atoms with van der Waals surface area (Å²) in [6.07, 6.45) is 0. The fraction of sp³-hybridized carbons (Fsp3) is 0.0769. The number of phenolic OH excluding ortho intramolecular Hbond substituents is 2. The van der Waals surface area contributed by atoms with Crippen LogP contribution in [-0.2, 0) is 6.54 Å². The molecule has 0 atom stereocenters. The molecule has 6 heteroatoms. The summed E-state index contributed by atoms with van der Waals surface area (Å²) in [5.74, 6) is -0.233. The summed E-state index contributed by atoms with van der Waals surface area (Å²) >= 11 is 10.4. The van der Waals surface area contributed by atoms with Crippen molar-refractivity contribution in [2.45, 2.75) is 6.54 Å². The van der Waals surface area contributed by atoms with Gasteiger partial charge < -0.3 is 15.5 Å². The quantitative estimate of drug-likeness (QED) is 0.576. The molecule has 19 heavy (non-hydrogen) atoms. The minimum atomic E-state index is -0.117. The van der Waals surface area contributed by atoms with Crippen LogP contribution in [0.1, 0.15) is 5.56 Å². The van der Waals surface area contributed by atoms with E-state index in [-0.39, 0.29) is 11.5 Å². The van der Waals surface area contributed by atoms with Crippen molar-refractivity contribution in [2.24, 2.45) is 0 Å². The zero-order valence-corrected chi connectivity index (χ0v) is 14.4. The predicted molar refractivity (Wildman–Crippen MR) is 86.6 cm³/mol. The zero-order chi connectivity index (χ0) is 14.0. The first-order valence-corrected chi connectivity index (χ1v) is 7.74. The van der Waals surface area contributed by atoms with E-state index in [0.717, 1.165) is 24.7 Å². The summed E-state index contributed by atoms with van der Waals surface area (Å²) in [7, 11) is 0. The molecule has 100 valence electrons. The number of rotatable bonds is 3. The molecule has 0 saturated carbocycles. The van der Waals surface area contributed by atoms with Gasteiger partial charge in [-0.05, 0) is 61.7 Å². The van der Waals surface area contributed by atoms with Crippen LogP contribution in [0.15, 0.2) is 43.7 Å². The lowest BCUT2D eigenvalue weighted by Crippen LogP contribution is -2.00. The summed E-state index contributed by atoms with van der Waals surface area (Å²) in [5, 5.41) is 22.0. The Bertz CT molecular complexity index is 594. The molecular formula is C13H10Br3NO2. The number of halogens is 3. The van der Waals surface area contributed by atoms with Crippen molar-refractivity contribution in [1.29, 1.82) is 0 Å². The Labute approximate surface area is 136 Å². The molecule has 3 N–H and O–H groups in total. The number of nitrogens with one attached hydrogen (secondary N) is 1. The van der Waals surface area contributed by atoms with Gasteiger partial charge in [0.15, 0.2) is 11.5 Å². The molecule has 0 unspecified atom stereocenters. The van der Waals surface area contributed by atoms with Gasteiger partial charge in [-0.1, -0.05) is 22.0 Å². The van der Waals surface area contributed by atoms with Crippen LogP contribution in [0.5, 0.6) is 11.5 Å². The van der Waals surface area contributed by atoms with E-state index in [1.54, 1.807) is 6.07 Å². The van der Waals surface area contributed by atoms with Crippen molar-refractivity contribution in [1.82, 2.24) is 0 Å². The maximum atomic E-state index is 9.44. The normalized spacial score (nSPS) is 10.5. The third-order valence-corrected chi connectivity index (χ3v) is 4.22. The summed E-state index contributed by atoms with van der Waals surface area (Å²) in [6, 6.07) is 8.65. The van der Waals surface area contributed by atoms with E-state index in [1.165, 1.54) is 12.1 Å². The van der Waals surface area contributed by atoms with Gasteiger partial charge in [-0.3, -0.25) is 0 Å². The molecule has 0 aliphatic heterocycles. The molecule has 2 rings (SSSR count). The average molecular weight is 452 g/mol. The number of benzene rings is 2. The number of hydrogen-bond acceptors (Lipinski definition) is 3. The second kappa shape index (κ2) is 6.15. The first-order valence-electron chi connectivity index (χ1n) is 5.36. The maximum Gasteiger partial charge on any atom is 0.157 e. The predicted octanol–water partition coefficient (Wildman–Crippen LogP) is 5.00. The molecule has 0 radical (unpaired) electrons. The Morgan fingerprint density at radius 3 is 2.11 bits per heavy atom. The molecule has 0 aliphatic carbocycles. The molecular weight excluding hydrogens is 442 g/mol. The Balaban J connectivity index is 2.16. The molecule has 0 bridgehead atoms. The van der Waals surface area contributed by atoms with Gasteiger partial charge in [0.25, 0.3) is 0 Å².